The Balaban J connectivity index is 0.00000120. The second-order valence-electron chi connectivity index (χ2n) is 4.87. The number of hydrogen-bond donors (Lipinski definition) is 1. The van der Waals surface area contributed by atoms with Gasteiger partial charge in [-0.2, -0.15) is 0 Å². The second-order valence-corrected chi connectivity index (χ2v) is 4.87. The summed E-state index contributed by atoms with van der Waals surface area (Å²) in [5.74, 6) is 0.502. The van der Waals surface area contributed by atoms with Crippen LogP contribution in [0.2, 0.25) is 0 Å². The Hall–Kier alpha value is -1.13. The maximum atomic E-state index is 13.5. The molecule has 2 atom stereocenters. The van der Waals surface area contributed by atoms with E-state index in [9.17, 15) is 9.18 Å². The number of nitrogens with zero attached hydrogens (tertiary/aromatic N) is 1. The molecule has 2 heterocycles. The smallest absolute Gasteiger partial charge is 0.256 e. The van der Waals surface area contributed by atoms with Gasteiger partial charge in [-0.15, -0.1) is 12.4 Å². The van der Waals surface area contributed by atoms with Crippen molar-refractivity contribution in [3.8, 4) is 0 Å². The molecule has 0 spiro atoms. The van der Waals surface area contributed by atoms with Gasteiger partial charge in [-0.25, -0.2) is 4.39 Å². The van der Waals surface area contributed by atoms with Crippen LogP contribution in [0.5, 0.6) is 0 Å². The zero-order valence-corrected chi connectivity index (χ0v) is 10.8. The first-order chi connectivity index (χ1) is 8.25. The van der Waals surface area contributed by atoms with Crippen molar-refractivity contribution in [2.24, 2.45) is 11.8 Å². The van der Waals surface area contributed by atoms with Crippen LogP contribution in [0.1, 0.15) is 10.4 Å². The largest absolute Gasteiger partial charge is 0.338 e. The summed E-state index contributed by atoms with van der Waals surface area (Å²) in [4.78, 5) is 14.0. The molecule has 2 saturated heterocycles. The number of nitrogens with one attached hydrogen (secondary N) is 1. The fourth-order valence-electron chi connectivity index (χ4n) is 2.83. The molecule has 98 valence electrons. The van der Waals surface area contributed by atoms with Crippen molar-refractivity contribution in [3.63, 3.8) is 0 Å². The van der Waals surface area contributed by atoms with Crippen molar-refractivity contribution in [1.29, 1.82) is 0 Å². The first-order valence-corrected chi connectivity index (χ1v) is 6.00. The van der Waals surface area contributed by atoms with Crippen molar-refractivity contribution < 1.29 is 9.18 Å². The van der Waals surface area contributed by atoms with Gasteiger partial charge in [0.15, 0.2) is 0 Å². The Morgan fingerprint density at radius 2 is 1.83 bits per heavy atom. The molecule has 0 radical (unpaired) electrons. The number of amides is 1. The zero-order valence-electron chi connectivity index (χ0n) is 9.93. The van der Waals surface area contributed by atoms with E-state index in [-0.39, 0.29) is 23.9 Å². The lowest BCUT2D eigenvalue weighted by atomic mass is 10.0. The highest BCUT2D eigenvalue weighted by Crippen LogP contribution is 2.27. The van der Waals surface area contributed by atoms with Gasteiger partial charge in [-0.3, -0.25) is 4.79 Å². The van der Waals surface area contributed by atoms with Crippen LogP contribution < -0.4 is 5.32 Å². The van der Waals surface area contributed by atoms with E-state index in [1.165, 1.54) is 6.07 Å². The van der Waals surface area contributed by atoms with Gasteiger partial charge < -0.3 is 10.2 Å². The van der Waals surface area contributed by atoms with Crippen LogP contribution in [0.15, 0.2) is 24.3 Å². The SMILES string of the molecule is Cl.O=C(c1ccccc1F)N1CC2CNCC2C1. The summed E-state index contributed by atoms with van der Waals surface area (Å²) in [5, 5.41) is 3.32. The number of benzene rings is 1. The number of rotatable bonds is 1. The fraction of sp³-hybridized carbons (Fsp3) is 0.462. The van der Waals surface area contributed by atoms with Gasteiger partial charge in [0.2, 0.25) is 0 Å². The van der Waals surface area contributed by atoms with Crippen molar-refractivity contribution in [2.75, 3.05) is 26.2 Å². The van der Waals surface area contributed by atoms with Crippen molar-refractivity contribution >= 4 is 18.3 Å². The summed E-state index contributed by atoms with van der Waals surface area (Å²) in [7, 11) is 0. The van der Waals surface area contributed by atoms with Gasteiger partial charge in [-0.1, -0.05) is 12.1 Å². The van der Waals surface area contributed by atoms with Crippen LogP contribution in [-0.4, -0.2) is 37.0 Å². The predicted octanol–water partition coefficient (Wildman–Crippen LogP) is 1.54. The van der Waals surface area contributed by atoms with E-state index < -0.39 is 5.82 Å². The minimum atomic E-state index is -0.423. The standard InChI is InChI=1S/C13H15FN2O.ClH/c14-12-4-2-1-3-11(12)13(17)16-7-9-5-15-6-10(9)8-16;/h1-4,9-10,15H,5-8H2;1H. The summed E-state index contributed by atoms with van der Waals surface area (Å²) in [6, 6.07) is 6.21. The first-order valence-electron chi connectivity index (χ1n) is 6.00. The Bertz CT molecular complexity index is 442. The molecule has 1 amide bonds. The third kappa shape index (κ3) is 2.22. The molecular formula is C13H16ClFN2O. The van der Waals surface area contributed by atoms with Crippen LogP contribution in [0, 0.1) is 17.7 Å². The van der Waals surface area contributed by atoms with Gasteiger partial charge in [0.05, 0.1) is 5.56 Å². The lowest BCUT2D eigenvalue weighted by Crippen LogP contribution is -2.32. The van der Waals surface area contributed by atoms with E-state index >= 15 is 0 Å². The van der Waals surface area contributed by atoms with Crippen LogP contribution in [0.3, 0.4) is 0 Å². The van der Waals surface area contributed by atoms with Gasteiger partial charge in [0.1, 0.15) is 5.82 Å². The van der Waals surface area contributed by atoms with Crippen LogP contribution >= 0.6 is 12.4 Å². The average molecular weight is 271 g/mol. The van der Waals surface area contributed by atoms with Crippen LogP contribution in [0.25, 0.3) is 0 Å². The van der Waals surface area contributed by atoms with E-state index in [1.807, 2.05) is 0 Å². The molecule has 1 aromatic rings. The first kappa shape index (κ1) is 13.3. The molecule has 1 N–H and O–H groups in total. The quantitative estimate of drug-likeness (QED) is 0.840. The number of likely N-dealkylation sites (tertiary alicyclic amines) is 1. The molecule has 0 saturated carbocycles. The molecule has 18 heavy (non-hydrogen) atoms. The highest BCUT2D eigenvalue weighted by Gasteiger charge is 2.38. The summed E-state index contributed by atoms with van der Waals surface area (Å²) < 4.78 is 13.5. The zero-order chi connectivity index (χ0) is 11.8. The van der Waals surface area contributed by atoms with E-state index in [0.29, 0.717) is 11.8 Å². The molecule has 3 rings (SSSR count). The predicted molar refractivity (Wildman–Crippen MR) is 69.4 cm³/mol. The fourth-order valence-corrected chi connectivity index (χ4v) is 2.83. The third-order valence-electron chi connectivity index (χ3n) is 3.78. The highest BCUT2D eigenvalue weighted by molar-refractivity contribution is 5.94. The summed E-state index contributed by atoms with van der Waals surface area (Å²) in [6.45, 7) is 3.47. The molecule has 2 aliphatic heterocycles. The van der Waals surface area contributed by atoms with E-state index in [0.717, 1.165) is 26.2 Å². The van der Waals surface area contributed by atoms with Crippen LogP contribution in [-0.2, 0) is 0 Å². The number of carbonyl (C=O) groups excluding carboxylic acids is 1. The number of carbonyl (C=O) groups is 1. The molecule has 1 aromatic carbocycles. The summed E-state index contributed by atoms with van der Waals surface area (Å²) in [6.07, 6.45) is 0. The molecule has 3 nitrogen and oxygen atoms in total. The number of halogens is 2. The Labute approximate surface area is 112 Å². The minimum Gasteiger partial charge on any atom is -0.338 e. The van der Waals surface area contributed by atoms with Gasteiger partial charge in [-0.05, 0) is 24.0 Å². The van der Waals surface area contributed by atoms with Gasteiger partial charge in [0.25, 0.3) is 5.91 Å². The molecular weight excluding hydrogens is 255 g/mol. The monoisotopic (exact) mass is 270 g/mol. The average Bonchev–Trinajstić information content (AvgIpc) is 2.88. The lowest BCUT2D eigenvalue weighted by Gasteiger charge is -2.17. The highest BCUT2D eigenvalue weighted by atomic mass is 35.5. The Kier molecular flexibility index (Phi) is 3.88. The van der Waals surface area contributed by atoms with Crippen LogP contribution in [0.4, 0.5) is 4.39 Å². The molecule has 0 bridgehead atoms. The number of hydrogen-bond acceptors (Lipinski definition) is 2. The lowest BCUT2D eigenvalue weighted by molar-refractivity contribution is 0.0777. The summed E-state index contributed by atoms with van der Waals surface area (Å²) in [5.41, 5.74) is 0.195. The van der Waals surface area contributed by atoms with Gasteiger partial charge in [0, 0.05) is 26.2 Å². The maximum Gasteiger partial charge on any atom is 0.256 e. The Morgan fingerprint density at radius 3 is 2.44 bits per heavy atom. The molecule has 0 aliphatic carbocycles. The van der Waals surface area contributed by atoms with E-state index in [1.54, 1.807) is 23.1 Å². The normalized spacial score (nSPS) is 25.7. The summed E-state index contributed by atoms with van der Waals surface area (Å²) >= 11 is 0. The number of fused-ring (bicyclic) bond motifs is 1. The Morgan fingerprint density at radius 1 is 1.22 bits per heavy atom. The van der Waals surface area contributed by atoms with E-state index in [2.05, 4.69) is 5.32 Å². The third-order valence-corrected chi connectivity index (χ3v) is 3.78. The topological polar surface area (TPSA) is 32.3 Å². The van der Waals surface area contributed by atoms with Gasteiger partial charge >= 0.3 is 0 Å². The second kappa shape index (κ2) is 5.24. The van der Waals surface area contributed by atoms with Crippen molar-refractivity contribution in [3.05, 3.63) is 35.6 Å². The minimum absolute atomic E-state index is 0. The molecule has 2 unspecified atom stereocenters. The van der Waals surface area contributed by atoms with Crippen molar-refractivity contribution in [2.45, 2.75) is 0 Å². The maximum absolute atomic E-state index is 13.5. The van der Waals surface area contributed by atoms with Crippen molar-refractivity contribution in [1.82, 2.24) is 10.2 Å². The van der Waals surface area contributed by atoms with E-state index in [4.69, 9.17) is 0 Å². The molecule has 5 heteroatoms. The molecule has 2 aliphatic rings. The molecule has 0 aromatic heterocycles. The molecule has 2 fully saturated rings.